The van der Waals surface area contributed by atoms with E-state index in [1.807, 2.05) is 30.3 Å². The highest BCUT2D eigenvalue weighted by Gasteiger charge is 2.47. The lowest BCUT2D eigenvalue weighted by molar-refractivity contribution is -0.156. The number of hydrogen-bond acceptors (Lipinski definition) is 9. The lowest BCUT2D eigenvalue weighted by Gasteiger charge is -2.34. The zero-order chi connectivity index (χ0) is 39.0. The summed E-state index contributed by atoms with van der Waals surface area (Å²) >= 11 is 0. The Morgan fingerprint density at radius 1 is 1.02 bits per heavy atom. The fraction of sp³-hybridized carbons (Fsp3) is 0.525. The van der Waals surface area contributed by atoms with Crippen LogP contribution in [-0.2, 0) is 48.0 Å². The monoisotopic (exact) mass is 736 g/mol. The summed E-state index contributed by atoms with van der Waals surface area (Å²) in [5, 5.41) is 12.5. The van der Waals surface area contributed by atoms with E-state index in [0.29, 0.717) is 43.8 Å². The van der Waals surface area contributed by atoms with Crippen LogP contribution < -0.4 is 15.8 Å². The average molecular weight is 737 g/mol. The van der Waals surface area contributed by atoms with Crippen LogP contribution in [0.5, 0.6) is 5.75 Å². The number of nitrogens with two attached hydrogens (primary N) is 1. The van der Waals surface area contributed by atoms with Gasteiger partial charge in [-0.2, -0.15) is 0 Å². The summed E-state index contributed by atoms with van der Waals surface area (Å²) < 4.78 is 16.4. The first-order valence-electron chi connectivity index (χ1n) is 18.2. The largest absolute Gasteiger partial charge is 0.490 e. The Kier molecular flexibility index (Phi) is 16.3. The molecule has 0 bridgehead atoms. The van der Waals surface area contributed by atoms with Crippen LogP contribution in [0.25, 0.3) is 0 Å². The highest BCUT2D eigenvalue weighted by atomic mass is 16.6. The van der Waals surface area contributed by atoms with Gasteiger partial charge in [-0.05, 0) is 95.2 Å². The van der Waals surface area contributed by atoms with Crippen molar-refractivity contribution >= 4 is 29.8 Å². The van der Waals surface area contributed by atoms with Gasteiger partial charge in [-0.25, -0.2) is 9.59 Å². The third-order valence-corrected chi connectivity index (χ3v) is 8.90. The van der Waals surface area contributed by atoms with Crippen LogP contribution in [0.2, 0.25) is 0 Å². The van der Waals surface area contributed by atoms with Gasteiger partial charge in [0, 0.05) is 32.5 Å². The molecule has 0 aliphatic carbocycles. The topological polar surface area (TPSA) is 178 Å². The summed E-state index contributed by atoms with van der Waals surface area (Å²) in [5.41, 5.74) is 6.32. The lowest BCUT2D eigenvalue weighted by Crippen LogP contribution is -2.58. The number of carbonyl (C=O) groups excluding carboxylic acids is 4. The van der Waals surface area contributed by atoms with E-state index in [1.54, 1.807) is 49.9 Å². The van der Waals surface area contributed by atoms with Gasteiger partial charge in [0.1, 0.15) is 36.1 Å². The van der Waals surface area contributed by atoms with Crippen molar-refractivity contribution in [3.63, 3.8) is 0 Å². The summed E-state index contributed by atoms with van der Waals surface area (Å²) in [6.45, 7) is 12.3. The van der Waals surface area contributed by atoms with E-state index in [9.17, 15) is 29.1 Å². The van der Waals surface area contributed by atoms with Crippen LogP contribution in [0, 0.1) is 0 Å². The Hall–Kier alpha value is -4.91. The molecule has 53 heavy (non-hydrogen) atoms. The molecule has 4 N–H and O–H groups in total. The zero-order valence-electron chi connectivity index (χ0n) is 31.6. The number of carbonyl (C=O) groups is 5. The number of alkyl carbamates (subject to hydrolysis) is 1. The van der Waals surface area contributed by atoms with E-state index in [2.05, 4.69) is 11.9 Å². The van der Waals surface area contributed by atoms with Crippen LogP contribution in [0.15, 0.2) is 61.2 Å². The van der Waals surface area contributed by atoms with Gasteiger partial charge in [0.15, 0.2) is 0 Å². The molecule has 0 spiro atoms. The molecule has 3 amide bonds. The van der Waals surface area contributed by atoms with Crippen LogP contribution in [0.1, 0.15) is 82.9 Å². The molecule has 0 unspecified atom stereocenters. The minimum Gasteiger partial charge on any atom is -0.490 e. The molecule has 1 aliphatic heterocycles. The maximum absolute atomic E-state index is 13.6. The van der Waals surface area contributed by atoms with Gasteiger partial charge in [-0.15, -0.1) is 6.58 Å². The van der Waals surface area contributed by atoms with E-state index < -0.39 is 41.1 Å². The van der Waals surface area contributed by atoms with E-state index in [4.69, 9.17) is 19.9 Å². The Morgan fingerprint density at radius 3 is 2.30 bits per heavy atom. The molecule has 3 rings (SSSR count). The second-order valence-corrected chi connectivity index (χ2v) is 14.4. The first-order valence-corrected chi connectivity index (χ1v) is 18.2. The quantitative estimate of drug-likeness (QED) is 0.0974. The van der Waals surface area contributed by atoms with Crippen molar-refractivity contribution in [1.29, 1.82) is 0 Å². The van der Waals surface area contributed by atoms with Crippen molar-refractivity contribution in [2.24, 2.45) is 5.73 Å². The highest BCUT2D eigenvalue weighted by molar-refractivity contribution is 5.92. The average Bonchev–Trinajstić information content (AvgIpc) is 3.51. The zero-order valence-corrected chi connectivity index (χ0v) is 31.6. The Bertz CT molecular complexity index is 1540. The minimum atomic E-state index is -1.37. The smallest absolute Gasteiger partial charge is 0.408 e. The molecule has 0 radical (unpaired) electrons. The van der Waals surface area contributed by atoms with Gasteiger partial charge in [-0.3, -0.25) is 14.4 Å². The van der Waals surface area contributed by atoms with Gasteiger partial charge < -0.3 is 40.2 Å². The number of ether oxygens (including phenoxy) is 3. The van der Waals surface area contributed by atoms with E-state index in [-0.39, 0.29) is 44.9 Å². The maximum atomic E-state index is 13.6. The molecule has 1 fully saturated rings. The van der Waals surface area contributed by atoms with Crippen molar-refractivity contribution in [3.05, 3.63) is 77.9 Å². The molecule has 1 aliphatic rings. The third-order valence-electron chi connectivity index (χ3n) is 8.90. The first-order chi connectivity index (χ1) is 25.1. The molecule has 0 aromatic heterocycles. The Balaban J connectivity index is 1.50. The predicted molar refractivity (Wildman–Crippen MR) is 200 cm³/mol. The molecule has 2 aromatic carbocycles. The van der Waals surface area contributed by atoms with Gasteiger partial charge in [0.2, 0.25) is 11.8 Å². The van der Waals surface area contributed by atoms with Crippen molar-refractivity contribution in [2.75, 3.05) is 32.8 Å². The number of nitrogens with zero attached hydrogens (tertiary/aromatic N) is 2. The lowest BCUT2D eigenvalue weighted by atomic mass is 9.97. The normalized spacial score (nSPS) is 16.0. The van der Waals surface area contributed by atoms with Gasteiger partial charge in [0.25, 0.3) is 0 Å². The maximum Gasteiger partial charge on any atom is 0.408 e. The highest BCUT2D eigenvalue weighted by Crippen LogP contribution is 2.30. The van der Waals surface area contributed by atoms with Crippen molar-refractivity contribution in [3.8, 4) is 5.75 Å². The van der Waals surface area contributed by atoms with E-state index >= 15 is 0 Å². The SMILES string of the molecule is C=CCCCN(Cc1ccc(CCN)cc1)C(=O)CCC(=O)OCCOc1ccc(C[C@H](NC(=O)OC(C)(C)C)C(=O)N2CCC[C@@]2(C)C(=O)O)cc1. The minimum absolute atomic E-state index is 0.0124. The standard InChI is InChI=1S/C40H56N4O9/c1-6-7-8-23-43(28-31-12-10-29(11-13-31)20-22-41)34(45)18-19-35(46)52-26-25-51-32-16-14-30(15-17-32)27-33(42-38(50)53-39(2,3)4)36(47)44-24-9-21-40(44,5)37(48)49/h6,10-17,33H,1,7-9,18-28,41H2,2-5H3,(H,42,50)(H,48,49)/t33-,40-/m0/s1. The molecule has 290 valence electrons. The molecule has 13 nitrogen and oxygen atoms in total. The molecule has 1 saturated heterocycles. The number of aliphatic carboxylic acids is 1. The summed E-state index contributed by atoms with van der Waals surface area (Å²) in [7, 11) is 0. The Morgan fingerprint density at radius 2 is 1.68 bits per heavy atom. The van der Waals surface area contributed by atoms with E-state index in [1.165, 1.54) is 11.8 Å². The number of nitrogens with one attached hydrogen (secondary N) is 1. The summed E-state index contributed by atoms with van der Waals surface area (Å²) in [4.78, 5) is 67.0. The molecule has 2 aromatic rings. The number of hydrogen-bond donors (Lipinski definition) is 3. The molecule has 0 saturated carbocycles. The van der Waals surface area contributed by atoms with Crippen molar-refractivity contribution in [1.82, 2.24) is 15.1 Å². The first kappa shape index (κ1) is 42.5. The molecule has 13 heteroatoms. The molecular formula is C40H56N4O9. The van der Waals surface area contributed by atoms with Crippen molar-refractivity contribution < 1.29 is 43.3 Å². The number of carboxylic acids is 1. The van der Waals surface area contributed by atoms with E-state index in [0.717, 1.165) is 30.4 Å². The number of carboxylic acid groups (broad SMARTS) is 1. The van der Waals surface area contributed by atoms with Crippen LogP contribution >= 0.6 is 0 Å². The van der Waals surface area contributed by atoms with Crippen LogP contribution in [0.3, 0.4) is 0 Å². The number of esters is 1. The second kappa shape index (κ2) is 20.4. The second-order valence-electron chi connectivity index (χ2n) is 14.4. The van der Waals surface area contributed by atoms with Crippen LogP contribution in [-0.4, -0.2) is 94.8 Å². The Labute approximate surface area is 312 Å². The van der Waals surface area contributed by atoms with Crippen LogP contribution in [0.4, 0.5) is 4.79 Å². The number of benzene rings is 2. The van der Waals surface area contributed by atoms with Gasteiger partial charge >= 0.3 is 18.0 Å². The molecule has 2 atom stereocenters. The summed E-state index contributed by atoms with van der Waals surface area (Å²) in [6.07, 6.45) is 4.29. The number of unbranched alkanes of at least 4 members (excludes halogenated alkanes) is 1. The summed E-state index contributed by atoms with van der Waals surface area (Å²) in [6, 6.07) is 13.8. The summed E-state index contributed by atoms with van der Waals surface area (Å²) in [5.74, 6) is -1.74. The van der Waals surface area contributed by atoms with Gasteiger partial charge in [-0.1, -0.05) is 42.5 Å². The van der Waals surface area contributed by atoms with Gasteiger partial charge in [0.05, 0.1) is 6.42 Å². The number of allylic oxidation sites excluding steroid dienone is 1. The number of rotatable bonds is 20. The molecular weight excluding hydrogens is 680 g/mol. The fourth-order valence-corrected chi connectivity index (χ4v) is 6.01. The number of amides is 3. The van der Waals surface area contributed by atoms with Crippen molar-refractivity contribution in [2.45, 2.75) is 103 Å². The molecule has 1 heterocycles. The number of likely N-dealkylation sites (tertiary alicyclic amines) is 1. The fourth-order valence-electron chi connectivity index (χ4n) is 6.01. The third kappa shape index (κ3) is 13.9. The predicted octanol–water partition coefficient (Wildman–Crippen LogP) is 4.79.